The molecular weight excluding hydrogens is 319 g/mol. The second-order valence-corrected chi connectivity index (χ2v) is 4.91. The molecule has 0 saturated carbocycles. The summed E-state index contributed by atoms with van der Waals surface area (Å²) in [5, 5.41) is 22.4. The first-order valence-corrected chi connectivity index (χ1v) is 7.20. The van der Waals surface area contributed by atoms with Crippen LogP contribution in [0.25, 0.3) is 0 Å². The Balaban J connectivity index is 2.22. The smallest absolute Gasteiger partial charge is 0.331 e. The number of benzene rings is 1. The van der Waals surface area contributed by atoms with Gasteiger partial charge >= 0.3 is 5.69 Å². The molecule has 1 heterocycles. The van der Waals surface area contributed by atoms with Crippen molar-refractivity contribution in [2.24, 2.45) is 5.10 Å². The summed E-state index contributed by atoms with van der Waals surface area (Å²) in [6, 6.07) is 5.75. The van der Waals surface area contributed by atoms with Gasteiger partial charge in [0.2, 0.25) is 5.88 Å². The van der Waals surface area contributed by atoms with Crippen molar-refractivity contribution in [3.8, 4) is 5.88 Å². The van der Waals surface area contributed by atoms with Crippen LogP contribution in [-0.2, 0) is 13.0 Å². The number of aliphatic hydroxyl groups excluding tert-OH is 1. The zero-order valence-corrected chi connectivity index (χ0v) is 12.7. The van der Waals surface area contributed by atoms with Gasteiger partial charge in [-0.1, -0.05) is 12.1 Å². The molecular formula is C15H17FN4O4. The van der Waals surface area contributed by atoms with Crippen molar-refractivity contribution in [2.75, 3.05) is 13.2 Å². The summed E-state index contributed by atoms with van der Waals surface area (Å²) in [7, 11) is 0. The molecule has 0 aliphatic heterocycles. The Morgan fingerprint density at radius 1 is 1.29 bits per heavy atom. The number of aromatic amines is 1. The van der Waals surface area contributed by atoms with E-state index in [2.05, 4.69) is 15.5 Å². The van der Waals surface area contributed by atoms with E-state index < -0.39 is 17.1 Å². The molecule has 0 atom stereocenters. The number of nitrogens with zero attached hydrogens (tertiary/aromatic N) is 2. The number of rotatable bonds is 7. The molecule has 0 aliphatic rings. The number of H-pyrrole nitrogens is 1. The van der Waals surface area contributed by atoms with E-state index in [1.165, 1.54) is 12.1 Å². The van der Waals surface area contributed by atoms with Gasteiger partial charge < -0.3 is 15.6 Å². The molecule has 0 radical (unpaired) electrons. The van der Waals surface area contributed by atoms with E-state index in [0.29, 0.717) is 6.42 Å². The second-order valence-electron chi connectivity index (χ2n) is 4.91. The van der Waals surface area contributed by atoms with E-state index >= 15 is 0 Å². The predicted molar refractivity (Wildman–Crippen MR) is 85.8 cm³/mol. The SMILES string of the molecule is O=c1[nH]c(=O)n(CCc2ccc(F)cc2)c(O)c1/C=N\NCCO. The lowest BCUT2D eigenvalue weighted by atomic mass is 10.1. The number of nitrogens with one attached hydrogen (secondary N) is 2. The van der Waals surface area contributed by atoms with Crippen LogP contribution in [0, 0.1) is 5.82 Å². The van der Waals surface area contributed by atoms with Gasteiger partial charge in [-0.05, 0) is 24.1 Å². The summed E-state index contributed by atoms with van der Waals surface area (Å²) in [6.07, 6.45) is 1.43. The standard InChI is InChI=1S/C15H17FN4O4/c16-11-3-1-10(2-4-11)5-7-20-14(23)12(9-18-17-6-8-21)13(22)19-15(20)24/h1-4,9,17,21,23H,5-8H2,(H,19,22,24)/b18-9-. The first-order valence-electron chi connectivity index (χ1n) is 7.20. The zero-order valence-electron chi connectivity index (χ0n) is 12.7. The number of hydrogen-bond acceptors (Lipinski definition) is 6. The van der Waals surface area contributed by atoms with Crippen LogP contribution >= 0.6 is 0 Å². The summed E-state index contributed by atoms with van der Waals surface area (Å²) in [5.41, 5.74) is 1.54. The Hall–Kier alpha value is -2.94. The minimum absolute atomic E-state index is 0.0952. The highest BCUT2D eigenvalue weighted by molar-refractivity contribution is 5.81. The van der Waals surface area contributed by atoms with Crippen LogP contribution in [0.5, 0.6) is 5.88 Å². The summed E-state index contributed by atoms with van der Waals surface area (Å²) in [4.78, 5) is 25.7. The average molecular weight is 336 g/mol. The quantitative estimate of drug-likeness (QED) is 0.310. The van der Waals surface area contributed by atoms with Gasteiger partial charge in [-0.2, -0.15) is 5.10 Å². The Kier molecular flexibility index (Phi) is 5.85. The minimum atomic E-state index is -0.773. The van der Waals surface area contributed by atoms with Crippen LogP contribution in [0.15, 0.2) is 39.0 Å². The third-order valence-corrected chi connectivity index (χ3v) is 3.25. The molecule has 8 nitrogen and oxygen atoms in total. The molecule has 2 aromatic rings. The molecule has 128 valence electrons. The maximum absolute atomic E-state index is 12.9. The van der Waals surface area contributed by atoms with Gasteiger partial charge in [0.15, 0.2) is 0 Å². The molecule has 0 aliphatic carbocycles. The maximum atomic E-state index is 12.9. The Morgan fingerprint density at radius 2 is 2.00 bits per heavy atom. The molecule has 2 rings (SSSR count). The number of aromatic hydroxyl groups is 1. The molecule has 1 aromatic carbocycles. The van der Waals surface area contributed by atoms with E-state index in [4.69, 9.17) is 5.11 Å². The first-order chi connectivity index (χ1) is 11.5. The van der Waals surface area contributed by atoms with Gasteiger partial charge in [0.25, 0.3) is 5.56 Å². The molecule has 0 saturated heterocycles. The molecule has 24 heavy (non-hydrogen) atoms. The molecule has 9 heteroatoms. The number of aromatic nitrogens is 2. The van der Waals surface area contributed by atoms with E-state index in [-0.39, 0.29) is 31.1 Å². The normalized spacial score (nSPS) is 11.1. The Bertz CT molecular complexity index is 827. The Labute approximate surface area is 135 Å². The van der Waals surface area contributed by atoms with E-state index in [1.807, 2.05) is 0 Å². The maximum Gasteiger partial charge on any atom is 0.331 e. The number of hydrazone groups is 1. The lowest BCUT2D eigenvalue weighted by Gasteiger charge is -2.09. The van der Waals surface area contributed by atoms with Gasteiger partial charge in [0.05, 0.1) is 19.4 Å². The van der Waals surface area contributed by atoms with Crippen LogP contribution in [0.2, 0.25) is 0 Å². The van der Waals surface area contributed by atoms with Crippen LogP contribution in [0.4, 0.5) is 4.39 Å². The van der Waals surface area contributed by atoms with Gasteiger partial charge in [-0.3, -0.25) is 14.3 Å². The molecule has 0 bridgehead atoms. The van der Waals surface area contributed by atoms with Crippen molar-refractivity contribution in [3.63, 3.8) is 0 Å². The van der Waals surface area contributed by atoms with Crippen molar-refractivity contribution >= 4 is 6.21 Å². The van der Waals surface area contributed by atoms with E-state index in [9.17, 15) is 19.1 Å². The average Bonchev–Trinajstić information content (AvgIpc) is 2.55. The first kappa shape index (κ1) is 17.4. The highest BCUT2D eigenvalue weighted by Crippen LogP contribution is 2.10. The van der Waals surface area contributed by atoms with Crippen molar-refractivity contribution in [3.05, 3.63) is 62.0 Å². The topological polar surface area (TPSA) is 120 Å². The third-order valence-electron chi connectivity index (χ3n) is 3.25. The predicted octanol–water partition coefficient (Wildman–Crippen LogP) is -0.460. The summed E-state index contributed by atoms with van der Waals surface area (Å²) in [6.45, 7) is 0.133. The van der Waals surface area contributed by atoms with Crippen molar-refractivity contribution in [1.82, 2.24) is 15.0 Å². The molecule has 0 amide bonds. The van der Waals surface area contributed by atoms with Gasteiger partial charge in [-0.25, -0.2) is 9.18 Å². The molecule has 1 aromatic heterocycles. The highest BCUT2D eigenvalue weighted by Gasteiger charge is 2.12. The van der Waals surface area contributed by atoms with Crippen LogP contribution in [-0.4, -0.2) is 39.1 Å². The van der Waals surface area contributed by atoms with Crippen LogP contribution < -0.4 is 16.7 Å². The molecule has 0 spiro atoms. The van der Waals surface area contributed by atoms with Crippen molar-refractivity contribution < 1.29 is 14.6 Å². The summed E-state index contributed by atoms with van der Waals surface area (Å²) >= 11 is 0. The van der Waals surface area contributed by atoms with Gasteiger partial charge in [0.1, 0.15) is 11.4 Å². The van der Waals surface area contributed by atoms with Gasteiger partial charge in [-0.15, -0.1) is 0 Å². The van der Waals surface area contributed by atoms with E-state index in [1.54, 1.807) is 12.1 Å². The van der Waals surface area contributed by atoms with Crippen molar-refractivity contribution in [2.45, 2.75) is 13.0 Å². The third kappa shape index (κ3) is 4.29. The largest absolute Gasteiger partial charge is 0.494 e. The fraction of sp³-hybridized carbons (Fsp3) is 0.267. The molecule has 4 N–H and O–H groups in total. The monoisotopic (exact) mass is 336 g/mol. The molecule has 0 unspecified atom stereocenters. The fourth-order valence-corrected chi connectivity index (χ4v) is 2.02. The molecule has 0 fully saturated rings. The minimum Gasteiger partial charge on any atom is -0.494 e. The van der Waals surface area contributed by atoms with Crippen LogP contribution in [0.3, 0.4) is 0 Å². The summed E-state index contributed by atoms with van der Waals surface area (Å²) in [5.74, 6) is -0.878. The van der Waals surface area contributed by atoms with Crippen LogP contribution in [0.1, 0.15) is 11.1 Å². The highest BCUT2D eigenvalue weighted by atomic mass is 19.1. The second kappa shape index (κ2) is 8.06. The zero-order chi connectivity index (χ0) is 17.5. The lowest BCUT2D eigenvalue weighted by molar-refractivity contribution is 0.294. The van der Waals surface area contributed by atoms with E-state index in [0.717, 1.165) is 16.3 Å². The number of hydrogen-bond donors (Lipinski definition) is 4. The van der Waals surface area contributed by atoms with Crippen molar-refractivity contribution in [1.29, 1.82) is 0 Å². The van der Waals surface area contributed by atoms with Gasteiger partial charge in [0, 0.05) is 6.54 Å². The Morgan fingerprint density at radius 3 is 2.67 bits per heavy atom. The number of halogens is 1. The summed E-state index contributed by atoms with van der Waals surface area (Å²) < 4.78 is 13.9. The lowest BCUT2D eigenvalue weighted by Crippen LogP contribution is -2.33. The number of aliphatic hydroxyl groups is 1. The number of aryl methyl sites for hydroxylation is 1. The fourth-order valence-electron chi connectivity index (χ4n) is 2.02.